The summed E-state index contributed by atoms with van der Waals surface area (Å²) in [5.41, 5.74) is 1.18. The van der Waals surface area contributed by atoms with Crippen LogP contribution in [0.25, 0.3) is 6.08 Å². The van der Waals surface area contributed by atoms with Gasteiger partial charge in [-0.2, -0.15) is 0 Å². The number of carbonyl (C=O) groups excluding carboxylic acids is 1. The number of hydrogen-bond donors (Lipinski definition) is 0. The Morgan fingerprint density at radius 1 is 1.03 bits per heavy atom. The van der Waals surface area contributed by atoms with Gasteiger partial charge in [0.05, 0.1) is 55.2 Å². The van der Waals surface area contributed by atoms with Crippen LogP contribution in [0.2, 0.25) is 5.02 Å². The first kappa shape index (κ1) is 28.3. The highest BCUT2D eigenvalue weighted by Gasteiger charge is 2.31. The van der Waals surface area contributed by atoms with Crippen molar-refractivity contribution in [1.82, 2.24) is 4.57 Å². The first-order valence-electron chi connectivity index (χ1n) is 12.4. The third kappa shape index (κ3) is 5.67. The molecule has 1 aromatic heterocycles. The van der Waals surface area contributed by atoms with Crippen LogP contribution in [0.1, 0.15) is 37.9 Å². The van der Waals surface area contributed by atoms with Gasteiger partial charge in [0.25, 0.3) is 5.56 Å². The zero-order chi connectivity index (χ0) is 28.1. The number of benzene rings is 2. The Morgan fingerprint density at radius 3 is 2.41 bits per heavy atom. The summed E-state index contributed by atoms with van der Waals surface area (Å²) in [6.07, 6.45) is 3.15. The quantitative estimate of drug-likeness (QED) is 0.340. The van der Waals surface area contributed by atoms with E-state index in [2.05, 4.69) is 4.99 Å². The molecule has 0 radical (unpaired) electrons. The molecule has 2 heterocycles. The predicted octanol–water partition coefficient (Wildman–Crippen LogP) is 3.88. The molecule has 1 atom stereocenters. The fourth-order valence-corrected chi connectivity index (χ4v) is 5.49. The smallest absolute Gasteiger partial charge is 0.337 e. The van der Waals surface area contributed by atoms with E-state index < -0.39 is 12.0 Å². The second-order valence-electron chi connectivity index (χ2n) is 8.22. The van der Waals surface area contributed by atoms with Gasteiger partial charge in [-0.25, -0.2) is 9.79 Å². The molecule has 11 heteroatoms. The van der Waals surface area contributed by atoms with Crippen LogP contribution in [0.3, 0.4) is 0 Å². The van der Waals surface area contributed by atoms with Crippen molar-refractivity contribution in [3.05, 3.63) is 77.9 Å². The third-order valence-electron chi connectivity index (χ3n) is 5.85. The lowest BCUT2D eigenvalue weighted by Crippen LogP contribution is -2.39. The molecule has 0 bridgehead atoms. The highest BCUT2D eigenvalue weighted by Crippen LogP contribution is 2.37. The Hall–Kier alpha value is -3.76. The van der Waals surface area contributed by atoms with Crippen LogP contribution in [0, 0.1) is 0 Å². The van der Waals surface area contributed by atoms with E-state index in [0.29, 0.717) is 68.3 Å². The Bertz CT molecular complexity index is 1590. The predicted molar refractivity (Wildman–Crippen MR) is 149 cm³/mol. The molecule has 3 aromatic rings. The normalized spacial score (nSPS) is 14.7. The summed E-state index contributed by atoms with van der Waals surface area (Å²) < 4.78 is 29.4. The second-order valence-corrected chi connectivity index (χ2v) is 9.63. The summed E-state index contributed by atoms with van der Waals surface area (Å²) in [5.74, 6) is 1.38. The van der Waals surface area contributed by atoms with E-state index in [1.165, 1.54) is 36.3 Å². The van der Waals surface area contributed by atoms with Crippen molar-refractivity contribution in [2.45, 2.75) is 26.8 Å². The Balaban J connectivity index is 1.89. The number of halogens is 1. The topological polar surface area (TPSA) is 97.6 Å². The molecule has 2 aromatic carbocycles. The van der Waals surface area contributed by atoms with Gasteiger partial charge < -0.3 is 23.7 Å². The van der Waals surface area contributed by atoms with Crippen LogP contribution < -0.4 is 33.8 Å². The Labute approximate surface area is 234 Å². The minimum Gasteiger partial charge on any atom is -0.493 e. The molecule has 0 saturated heterocycles. The van der Waals surface area contributed by atoms with Crippen LogP contribution in [0.15, 0.2) is 51.9 Å². The number of nitrogens with zero attached hydrogens (tertiary/aromatic N) is 2. The number of hydrogen-bond acceptors (Lipinski definition) is 9. The van der Waals surface area contributed by atoms with E-state index in [-0.39, 0.29) is 11.1 Å². The van der Waals surface area contributed by atoms with Crippen LogP contribution in [0.4, 0.5) is 0 Å². The molecule has 1 aliphatic rings. The Kier molecular flexibility index (Phi) is 8.98. The summed E-state index contributed by atoms with van der Waals surface area (Å²) >= 11 is 7.64. The summed E-state index contributed by atoms with van der Waals surface area (Å²) in [6.45, 7) is 6.90. The Morgan fingerprint density at radius 2 is 1.74 bits per heavy atom. The van der Waals surface area contributed by atoms with Crippen LogP contribution in [0.5, 0.6) is 23.0 Å². The molecular formula is C28H29ClN2O7S. The van der Waals surface area contributed by atoms with Crippen molar-refractivity contribution in [2.24, 2.45) is 4.99 Å². The molecule has 0 aliphatic carbocycles. The molecule has 4 rings (SSSR count). The third-order valence-corrected chi connectivity index (χ3v) is 7.12. The van der Waals surface area contributed by atoms with Crippen molar-refractivity contribution in [1.29, 1.82) is 0 Å². The number of carbonyl (C=O) groups is 1. The van der Waals surface area contributed by atoms with Gasteiger partial charge in [-0.3, -0.25) is 9.36 Å². The van der Waals surface area contributed by atoms with E-state index >= 15 is 0 Å². The lowest BCUT2D eigenvalue weighted by molar-refractivity contribution is -0.136. The number of esters is 1. The van der Waals surface area contributed by atoms with E-state index in [9.17, 15) is 9.59 Å². The number of ether oxygens (including phenoxy) is 5. The van der Waals surface area contributed by atoms with Crippen molar-refractivity contribution in [3.8, 4) is 23.0 Å². The van der Waals surface area contributed by atoms with Gasteiger partial charge in [0.15, 0.2) is 27.8 Å². The standard InChI is InChI=1S/C28H29ClN2O7S/c1-6-36-20-10-9-17(14-21(20)37-7-2)24-18(27(33)35-5)15-30-28-31(24)26(32)23(39-28)13-16-11-19(29)25(38-8-3)22(12-16)34-4/h9-15,24H,6-8H2,1-5H3/b23-13-/t24-/m1/s1. The van der Waals surface area contributed by atoms with Crippen molar-refractivity contribution in [2.75, 3.05) is 34.0 Å². The van der Waals surface area contributed by atoms with E-state index in [1.807, 2.05) is 20.8 Å². The molecule has 0 amide bonds. The van der Waals surface area contributed by atoms with Gasteiger partial charge >= 0.3 is 5.97 Å². The molecule has 39 heavy (non-hydrogen) atoms. The van der Waals surface area contributed by atoms with Crippen molar-refractivity contribution < 1.29 is 28.5 Å². The minimum absolute atomic E-state index is 0.217. The number of methoxy groups -OCH3 is 2. The van der Waals surface area contributed by atoms with E-state index in [1.54, 1.807) is 36.4 Å². The van der Waals surface area contributed by atoms with Gasteiger partial charge in [-0.15, -0.1) is 0 Å². The number of aromatic nitrogens is 1. The number of thiazole rings is 1. The highest BCUT2D eigenvalue weighted by atomic mass is 35.5. The van der Waals surface area contributed by atoms with Gasteiger partial charge in [-0.05, 0) is 62.2 Å². The SMILES string of the molecule is CCOc1ccc([C@@H]2C(C(=O)OC)=CN=c3s/c(=C\c4cc(Cl)c(OCC)c(OC)c4)c(=O)n32)cc1OCC. The molecule has 0 unspecified atom stereocenters. The molecule has 9 nitrogen and oxygen atoms in total. The minimum atomic E-state index is -0.788. The monoisotopic (exact) mass is 572 g/mol. The van der Waals surface area contributed by atoms with Crippen LogP contribution in [-0.4, -0.2) is 44.6 Å². The number of fused-ring (bicyclic) bond motifs is 1. The first-order chi connectivity index (χ1) is 18.9. The van der Waals surface area contributed by atoms with Gasteiger partial charge in [-0.1, -0.05) is 29.0 Å². The van der Waals surface area contributed by atoms with E-state index in [0.717, 1.165) is 0 Å². The average Bonchev–Trinajstić information content (AvgIpc) is 3.25. The van der Waals surface area contributed by atoms with Crippen LogP contribution in [-0.2, 0) is 9.53 Å². The molecule has 1 aliphatic heterocycles. The van der Waals surface area contributed by atoms with Gasteiger partial charge in [0.2, 0.25) is 0 Å². The molecular weight excluding hydrogens is 544 g/mol. The second kappa shape index (κ2) is 12.4. The maximum Gasteiger partial charge on any atom is 0.337 e. The molecule has 0 fully saturated rings. The molecule has 0 N–H and O–H groups in total. The summed E-state index contributed by atoms with van der Waals surface area (Å²) in [7, 11) is 2.81. The van der Waals surface area contributed by atoms with Gasteiger partial charge in [0, 0.05) is 6.20 Å². The molecule has 0 spiro atoms. The highest BCUT2D eigenvalue weighted by molar-refractivity contribution is 7.07. The molecule has 206 valence electrons. The lowest BCUT2D eigenvalue weighted by Gasteiger charge is -2.23. The fraction of sp³-hybridized carbons (Fsp3) is 0.321. The maximum atomic E-state index is 13.8. The average molecular weight is 573 g/mol. The zero-order valence-electron chi connectivity index (χ0n) is 22.3. The fourth-order valence-electron chi connectivity index (χ4n) is 4.25. The molecule has 0 saturated carbocycles. The summed E-state index contributed by atoms with van der Waals surface area (Å²) in [5, 5.41) is 0.360. The van der Waals surface area contributed by atoms with Gasteiger partial charge in [0.1, 0.15) is 0 Å². The summed E-state index contributed by atoms with van der Waals surface area (Å²) in [6, 6.07) is 8.00. The van der Waals surface area contributed by atoms with E-state index in [4.69, 9.17) is 35.3 Å². The lowest BCUT2D eigenvalue weighted by atomic mass is 9.97. The zero-order valence-corrected chi connectivity index (χ0v) is 23.9. The summed E-state index contributed by atoms with van der Waals surface area (Å²) in [4.78, 5) is 31.4. The maximum absolute atomic E-state index is 13.8. The van der Waals surface area contributed by atoms with Crippen molar-refractivity contribution in [3.63, 3.8) is 0 Å². The number of rotatable bonds is 10. The largest absolute Gasteiger partial charge is 0.493 e. The van der Waals surface area contributed by atoms with Crippen LogP contribution >= 0.6 is 22.9 Å². The van der Waals surface area contributed by atoms with Crippen molar-refractivity contribution >= 4 is 35.0 Å². The first-order valence-corrected chi connectivity index (χ1v) is 13.5.